The van der Waals surface area contributed by atoms with Crippen LogP contribution in [0.4, 0.5) is 4.79 Å². The molecule has 7 nitrogen and oxygen atoms in total. The largest absolute Gasteiger partial charge is 0.521 e. The van der Waals surface area contributed by atoms with Gasteiger partial charge in [-0.1, -0.05) is 11.8 Å². The molecule has 0 aromatic rings. The highest BCUT2D eigenvalue weighted by Gasteiger charge is 2.55. The van der Waals surface area contributed by atoms with Crippen LogP contribution in [0, 0.1) is 5.92 Å². The van der Waals surface area contributed by atoms with Gasteiger partial charge in [0.05, 0.1) is 12.5 Å². The van der Waals surface area contributed by atoms with Crippen molar-refractivity contribution in [3.05, 3.63) is 0 Å². The van der Waals surface area contributed by atoms with Crippen LogP contribution in [0.1, 0.15) is 33.1 Å². The molecule has 0 aromatic heterocycles. The summed E-state index contributed by atoms with van der Waals surface area (Å²) in [5, 5.41) is 9.34. The van der Waals surface area contributed by atoms with Crippen molar-refractivity contribution in [3.63, 3.8) is 0 Å². The fraction of sp³-hybridized carbons (Fsp3) is 0.692. The van der Waals surface area contributed by atoms with Gasteiger partial charge in [0.2, 0.25) is 5.91 Å². The lowest BCUT2D eigenvalue weighted by atomic mass is 10.0. The number of amides is 3. The second kappa shape index (κ2) is 7.04. The number of carboxylic acid groups (broad SMARTS) is 1. The fourth-order valence-electron chi connectivity index (χ4n) is 2.79. The van der Waals surface area contributed by atoms with Crippen LogP contribution in [0.3, 0.4) is 0 Å². The molecule has 1 rings (SSSR count). The molecular formula is C13H21N2O5S+. The van der Waals surface area contributed by atoms with Crippen LogP contribution in [0.15, 0.2) is 0 Å². The van der Waals surface area contributed by atoms with E-state index in [1.54, 1.807) is 6.92 Å². The van der Waals surface area contributed by atoms with Gasteiger partial charge in [0.15, 0.2) is 5.12 Å². The SMILES string of the molecule is CC(=O)SCC(CC(N)=O)C(=O)[N+]1(C(=O)O)CCC[C@H]1C. The number of carbonyl (C=O) groups is 4. The minimum atomic E-state index is -1.20. The molecular weight excluding hydrogens is 296 g/mol. The Morgan fingerprint density at radius 1 is 1.38 bits per heavy atom. The van der Waals surface area contributed by atoms with Gasteiger partial charge in [-0.3, -0.25) is 9.59 Å². The molecule has 0 aromatic carbocycles. The summed E-state index contributed by atoms with van der Waals surface area (Å²) in [6.45, 7) is 3.30. The molecule has 118 valence electrons. The maximum absolute atomic E-state index is 12.7. The predicted octanol–water partition coefficient (Wildman–Crippen LogP) is 0.961. The molecule has 8 heteroatoms. The summed E-state index contributed by atoms with van der Waals surface area (Å²) in [7, 11) is 0. The number of thioether (sulfide) groups is 1. The highest BCUT2D eigenvalue weighted by Crippen LogP contribution is 2.32. The molecule has 1 heterocycles. The van der Waals surface area contributed by atoms with Gasteiger partial charge in [0.1, 0.15) is 6.04 Å². The van der Waals surface area contributed by atoms with Crippen molar-refractivity contribution in [1.82, 2.24) is 0 Å². The van der Waals surface area contributed by atoms with Crippen molar-refractivity contribution in [3.8, 4) is 0 Å². The Hall–Kier alpha value is -1.41. The normalized spacial score (nSPS) is 26.3. The number of hydrogen-bond acceptors (Lipinski definition) is 5. The van der Waals surface area contributed by atoms with Crippen LogP contribution in [0.2, 0.25) is 0 Å². The van der Waals surface area contributed by atoms with Gasteiger partial charge in [-0.05, 0) is 6.92 Å². The zero-order valence-electron chi connectivity index (χ0n) is 12.2. The van der Waals surface area contributed by atoms with Gasteiger partial charge in [-0.15, -0.1) is 0 Å². The average Bonchev–Trinajstić information content (AvgIpc) is 2.75. The summed E-state index contributed by atoms with van der Waals surface area (Å²) in [4.78, 5) is 46.6. The number of imide groups is 1. The summed E-state index contributed by atoms with van der Waals surface area (Å²) in [5.74, 6) is -1.97. The monoisotopic (exact) mass is 317 g/mol. The van der Waals surface area contributed by atoms with Crippen molar-refractivity contribution in [2.24, 2.45) is 11.7 Å². The number of hydrogen-bond donors (Lipinski definition) is 2. The van der Waals surface area contributed by atoms with Crippen molar-refractivity contribution < 1.29 is 28.8 Å². The van der Waals surface area contributed by atoms with Crippen LogP contribution < -0.4 is 5.73 Å². The van der Waals surface area contributed by atoms with E-state index in [1.807, 2.05) is 0 Å². The average molecular weight is 317 g/mol. The Morgan fingerprint density at radius 3 is 2.38 bits per heavy atom. The van der Waals surface area contributed by atoms with Gasteiger partial charge in [-0.25, -0.2) is 4.79 Å². The minimum Gasteiger partial charge on any atom is -0.435 e. The smallest absolute Gasteiger partial charge is 0.435 e. The summed E-state index contributed by atoms with van der Waals surface area (Å²) in [5.41, 5.74) is 5.15. The summed E-state index contributed by atoms with van der Waals surface area (Å²) in [6, 6.07) is -0.340. The van der Waals surface area contributed by atoms with Gasteiger partial charge < -0.3 is 10.8 Å². The van der Waals surface area contributed by atoms with Crippen molar-refractivity contribution in [1.29, 1.82) is 0 Å². The Labute approximate surface area is 127 Å². The molecule has 0 saturated carbocycles. The van der Waals surface area contributed by atoms with Gasteiger partial charge in [-0.2, -0.15) is 9.28 Å². The first kappa shape index (κ1) is 17.6. The number of rotatable bonds is 5. The number of nitrogens with zero attached hydrogens (tertiary/aromatic N) is 1. The zero-order chi connectivity index (χ0) is 16.2. The van der Waals surface area contributed by atoms with E-state index in [0.717, 1.165) is 11.8 Å². The Bertz CT molecular complexity index is 467. The van der Waals surface area contributed by atoms with Gasteiger partial charge in [0, 0.05) is 31.9 Å². The number of likely N-dealkylation sites (tertiary alicyclic amines) is 1. The Balaban J connectivity index is 3.03. The minimum absolute atomic E-state index is 0.0805. The van der Waals surface area contributed by atoms with Crippen molar-refractivity contribution in [2.75, 3.05) is 12.3 Å². The van der Waals surface area contributed by atoms with Gasteiger partial charge >= 0.3 is 12.0 Å². The molecule has 1 aliphatic heterocycles. The number of carbonyl (C=O) groups excluding carboxylic acids is 3. The first-order chi connectivity index (χ1) is 9.71. The number of quaternary nitrogens is 1. The molecule has 0 radical (unpaired) electrons. The standard InChI is InChI=1S/C13H20N2O5S/c1-8-4-3-5-15(8,13(19)20)12(18)10(6-11(14)17)7-21-9(2)16/h8,10H,3-7H2,1-2H3,(H2-,14,17,19,20)/p+1/t8-,10?,15?/m1/s1. The number of nitrogens with two attached hydrogens (primary N) is 1. The summed E-state index contributed by atoms with van der Waals surface area (Å²) in [6.07, 6.45) is -0.157. The maximum Gasteiger partial charge on any atom is 0.521 e. The first-order valence-electron chi connectivity index (χ1n) is 6.79. The molecule has 3 amide bonds. The lowest BCUT2D eigenvalue weighted by Gasteiger charge is -2.32. The fourth-order valence-corrected chi connectivity index (χ4v) is 3.48. The van der Waals surface area contributed by atoms with Crippen LogP contribution in [0.25, 0.3) is 0 Å². The van der Waals surface area contributed by atoms with E-state index >= 15 is 0 Å². The maximum atomic E-state index is 12.7. The molecule has 3 atom stereocenters. The van der Waals surface area contributed by atoms with E-state index < -0.39 is 28.3 Å². The molecule has 21 heavy (non-hydrogen) atoms. The molecule has 1 saturated heterocycles. The lowest BCUT2D eigenvalue weighted by Crippen LogP contribution is -2.61. The lowest BCUT2D eigenvalue weighted by molar-refractivity contribution is -0.794. The summed E-state index contributed by atoms with van der Waals surface area (Å²) < 4.78 is -0.670. The van der Waals surface area contributed by atoms with E-state index in [2.05, 4.69) is 0 Å². The van der Waals surface area contributed by atoms with Crippen LogP contribution in [-0.4, -0.2) is 51.0 Å². The molecule has 3 N–H and O–H groups in total. The summed E-state index contributed by atoms with van der Waals surface area (Å²) >= 11 is 0.910. The van der Waals surface area contributed by atoms with Crippen LogP contribution in [-0.2, 0) is 14.4 Å². The van der Waals surface area contributed by atoms with E-state index in [9.17, 15) is 24.3 Å². The third kappa shape index (κ3) is 3.82. The van der Waals surface area contributed by atoms with Crippen LogP contribution >= 0.6 is 11.8 Å². The van der Waals surface area contributed by atoms with E-state index in [1.165, 1.54) is 6.92 Å². The van der Waals surface area contributed by atoms with Crippen molar-refractivity contribution in [2.45, 2.75) is 39.2 Å². The quantitative estimate of drug-likeness (QED) is 0.730. The third-order valence-electron chi connectivity index (χ3n) is 3.90. The van der Waals surface area contributed by atoms with E-state index in [4.69, 9.17) is 5.73 Å². The Kier molecular flexibility index (Phi) is 5.91. The second-order valence-electron chi connectivity index (χ2n) is 5.37. The van der Waals surface area contributed by atoms with Crippen LogP contribution in [0.5, 0.6) is 0 Å². The molecule has 0 spiro atoms. The second-order valence-corrected chi connectivity index (χ2v) is 6.57. The highest BCUT2D eigenvalue weighted by atomic mass is 32.2. The first-order valence-corrected chi connectivity index (χ1v) is 7.77. The Morgan fingerprint density at radius 2 is 2.00 bits per heavy atom. The zero-order valence-corrected chi connectivity index (χ0v) is 13.0. The van der Waals surface area contributed by atoms with E-state index in [-0.39, 0.29) is 29.9 Å². The highest BCUT2D eigenvalue weighted by molar-refractivity contribution is 8.13. The van der Waals surface area contributed by atoms with Gasteiger partial charge in [0.25, 0.3) is 0 Å². The molecule has 1 aliphatic rings. The molecule has 2 unspecified atom stereocenters. The topological polar surface area (TPSA) is 115 Å². The molecule has 0 bridgehead atoms. The predicted molar refractivity (Wildman–Crippen MR) is 77.3 cm³/mol. The third-order valence-corrected chi connectivity index (χ3v) is 4.88. The van der Waals surface area contributed by atoms with E-state index in [0.29, 0.717) is 12.8 Å². The number of primary amides is 1. The molecule has 0 aliphatic carbocycles. The van der Waals surface area contributed by atoms with Crippen molar-refractivity contribution >= 4 is 34.8 Å². The molecule has 1 fully saturated rings.